The van der Waals surface area contributed by atoms with Crippen LogP contribution in [0.15, 0.2) is 53.5 Å². The molecule has 0 aliphatic carbocycles. The number of para-hydroxylation sites is 1. The summed E-state index contributed by atoms with van der Waals surface area (Å²) in [6, 6.07) is 14.3. The third-order valence-electron chi connectivity index (χ3n) is 5.70. The topological polar surface area (TPSA) is 53.9 Å². The van der Waals surface area contributed by atoms with E-state index in [-0.39, 0.29) is 5.56 Å². The Kier molecular flexibility index (Phi) is 5.44. The molecule has 4 rings (SSSR count). The summed E-state index contributed by atoms with van der Waals surface area (Å²) in [5.41, 5.74) is 5.93. The SMILES string of the molecule is Cc1cc(C)n(-c2ccccc2CN2CCC(Cc3ccc(=O)[nH]c3)CC2)n1. The summed E-state index contributed by atoms with van der Waals surface area (Å²) in [4.78, 5) is 16.5. The summed E-state index contributed by atoms with van der Waals surface area (Å²) in [5.74, 6) is 0.688. The number of piperidine rings is 1. The van der Waals surface area contributed by atoms with Crippen molar-refractivity contribution < 1.29 is 0 Å². The van der Waals surface area contributed by atoms with Gasteiger partial charge in [-0.15, -0.1) is 0 Å². The molecule has 0 radical (unpaired) electrons. The molecule has 1 aromatic carbocycles. The zero-order valence-corrected chi connectivity index (χ0v) is 16.7. The highest BCUT2D eigenvalue weighted by molar-refractivity contribution is 5.42. The summed E-state index contributed by atoms with van der Waals surface area (Å²) in [7, 11) is 0. The van der Waals surface area contributed by atoms with E-state index in [2.05, 4.69) is 56.9 Å². The first-order valence-electron chi connectivity index (χ1n) is 10.1. The molecule has 1 aliphatic rings. The van der Waals surface area contributed by atoms with Crippen LogP contribution in [0.2, 0.25) is 0 Å². The Morgan fingerprint density at radius 2 is 1.89 bits per heavy atom. The Hall–Kier alpha value is -2.66. The average molecular weight is 377 g/mol. The smallest absolute Gasteiger partial charge is 0.247 e. The Morgan fingerprint density at radius 3 is 2.57 bits per heavy atom. The number of rotatable bonds is 5. The van der Waals surface area contributed by atoms with Gasteiger partial charge < -0.3 is 4.98 Å². The summed E-state index contributed by atoms with van der Waals surface area (Å²) in [6.07, 6.45) is 5.30. The number of likely N-dealkylation sites (tertiary alicyclic amines) is 1. The zero-order chi connectivity index (χ0) is 19.5. The Labute approximate surface area is 166 Å². The molecule has 3 aromatic rings. The minimum Gasteiger partial charge on any atom is -0.329 e. The second-order valence-corrected chi connectivity index (χ2v) is 7.95. The lowest BCUT2D eigenvalue weighted by atomic mass is 9.90. The molecule has 0 atom stereocenters. The fraction of sp³-hybridized carbons (Fsp3) is 0.391. The van der Waals surface area contributed by atoms with Crippen molar-refractivity contribution in [3.05, 3.63) is 81.5 Å². The van der Waals surface area contributed by atoms with Crippen molar-refractivity contribution in [2.45, 2.75) is 39.7 Å². The summed E-state index contributed by atoms with van der Waals surface area (Å²) < 4.78 is 2.06. The van der Waals surface area contributed by atoms with E-state index in [1.165, 1.54) is 35.3 Å². The largest absolute Gasteiger partial charge is 0.329 e. The number of pyridine rings is 1. The number of benzene rings is 1. The monoisotopic (exact) mass is 376 g/mol. The van der Waals surface area contributed by atoms with Crippen molar-refractivity contribution in [3.8, 4) is 5.69 Å². The quantitative estimate of drug-likeness (QED) is 0.740. The van der Waals surface area contributed by atoms with Crippen LogP contribution in [0.5, 0.6) is 0 Å². The first-order valence-corrected chi connectivity index (χ1v) is 10.1. The highest BCUT2D eigenvalue weighted by atomic mass is 16.1. The molecule has 0 amide bonds. The molecule has 1 saturated heterocycles. The van der Waals surface area contributed by atoms with Crippen molar-refractivity contribution in [2.75, 3.05) is 13.1 Å². The predicted octanol–water partition coefficient (Wildman–Crippen LogP) is 3.63. The third kappa shape index (κ3) is 4.25. The van der Waals surface area contributed by atoms with E-state index in [1.807, 2.05) is 19.2 Å². The van der Waals surface area contributed by atoms with Crippen LogP contribution in [0.25, 0.3) is 5.69 Å². The van der Waals surface area contributed by atoms with Gasteiger partial charge in [-0.1, -0.05) is 24.3 Å². The van der Waals surface area contributed by atoms with Crippen LogP contribution in [0.1, 0.15) is 35.4 Å². The molecular weight excluding hydrogens is 348 g/mol. The summed E-state index contributed by atoms with van der Waals surface area (Å²) in [6.45, 7) is 7.33. The molecule has 0 bridgehead atoms. The first kappa shape index (κ1) is 18.7. The number of aromatic amines is 1. The van der Waals surface area contributed by atoms with Crippen LogP contribution < -0.4 is 5.56 Å². The summed E-state index contributed by atoms with van der Waals surface area (Å²) >= 11 is 0. The molecule has 0 saturated carbocycles. The highest BCUT2D eigenvalue weighted by Gasteiger charge is 2.21. The van der Waals surface area contributed by atoms with E-state index < -0.39 is 0 Å². The standard InChI is InChI=1S/C23H28N4O/c1-17-13-18(2)27(25-17)22-6-4-3-5-21(22)16-26-11-9-19(10-12-26)14-20-7-8-23(28)24-15-20/h3-8,13,15,19H,9-12,14,16H2,1-2H3,(H,24,28). The Bertz CT molecular complexity index is 975. The average Bonchev–Trinajstić information content (AvgIpc) is 3.03. The van der Waals surface area contributed by atoms with Crippen LogP contribution in [0.3, 0.4) is 0 Å². The van der Waals surface area contributed by atoms with Crippen molar-refractivity contribution in [2.24, 2.45) is 5.92 Å². The third-order valence-corrected chi connectivity index (χ3v) is 5.70. The van der Waals surface area contributed by atoms with Crippen molar-refractivity contribution >= 4 is 0 Å². The molecule has 1 fully saturated rings. The number of hydrogen-bond donors (Lipinski definition) is 1. The molecule has 5 heteroatoms. The Morgan fingerprint density at radius 1 is 1.11 bits per heavy atom. The maximum absolute atomic E-state index is 11.2. The van der Waals surface area contributed by atoms with Crippen molar-refractivity contribution in [1.82, 2.24) is 19.7 Å². The van der Waals surface area contributed by atoms with Gasteiger partial charge in [-0.3, -0.25) is 9.69 Å². The van der Waals surface area contributed by atoms with Gasteiger partial charge >= 0.3 is 0 Å². The van der Waals surface area contributed by atoms with E-state index in [1.54, 1.807) is 6.07 Å². The van der Waals surface area contributed by atoms with Gasteiger partial charge in [0.05, 0.1) is 11.4 Å². The number of nitrogens with one attached hydrogen (secondary N) is 1. The van der Waals surface area contributed by atoms with Crippen LogP contribution >= 0.6 is 0 Å². The number of H-pyrrole nitrogens is 1. The van der Waals surface area contributed by atoms with Crippen LogP contribution in [0.4, 0.5) is 0 Å². The van der Waals surface area contributed by atoms with E-state index in [0.717, 1.165) is 31.7 Å². The molecule has 1 N–H and O–H groups in total. The van der Waals surface area contributed by atoms with Crippen LogP contribution in [-0.4, -0.2) is 32.8 Å². The van der Waals surface area contributed by atoms with Crippen molar-refractivity contribution in [1.29, 1.82) is 0 Å². The fourth-order valence-corrected chi connectivity index (χ4v) is 4.22. The van der Waals surface area contributed by atoms with E-state index in [4.69, 9.17) is 0 Å². The van der Waals surface area contributed by atoms with Gasteiger partial charge in [-0.05, 0) is 75.4 Å². The minimum absolute atomic E-state index is 0.0279. The van der Waals surface area contributed by atoms with Crippen LogP contribution in [0, 0.1) is 19.8 Å². The number of hydrogen-bond acceptors (Lipinski definition) is 3. The second kappa shape index (κ2) is 8.15. The van der Waals surface area contributed by atoms with Gasteiger partial charge in [-0.25, -0.2) is 4.68 Å². The Balaban J connectivity index is 1.39. The van der Waals surface area contributed by atoms with Gasteiger partial charge in [0, 0.05) is 24.5 Å². The number of nitrogens with zero attached hydrogens (tertiary/aromatic N) is 3. The maximum Gasteiger partial charge on any atom is 0.247 e. The molecule has 5 nitrogen and oxygen atoms in total. The second-order valence-electron chi connectivity index (χ2n) is 7.95. The maximum atomic E-state index is 11.2. The minimum atomic E-state index is -0.0279. The zero-order valence-electron chi connectivity index (χ0n) is 16.7. The summed E-state index contributed by atoms with van der Waals surface area (Å²) in [5, 5.41) is 4.67. The van der Waals surface area contributed by atoms with Gasteiger partial charge in [0.1, 0.15) is 0 Å². The lowest BCUT2D eigenvalue weighted by Gasteiger charge is -2.32. The number of aromatic nitrogens is 3. The highest BCUT2D eigenvalue weighted by Crippen LogP contribution is 2.24. The normalized spacial score (nSPS) is 15.8. The number of aryl methyl sites for hydroxylation is 2. The lowest BCUT2D eigenvalue weighted by molar-refractivity contribution is 0.177. The molecule has 146 valence electrons. The van der Waals surface area contributed by atoms with Gasteiger partial charge in [0.2, 0.25) is 5.56 Å². The molecule has 0 unspecified atom stereocenters. The van der Waals surface area contributed by atoms with Gasteiger partial charge in [-0.2, -0.15) is 5.10 Å². The van der Waals surface area contributed by atoms with Crippen molar-refractivity contribution in [3.63, 3.8) is 0 Å². The molecular formula is C23H28N4O. The lowest BCUT2D eigenvalue weighted by Crippen LogP contribution is -2.34. The molecule has 2 aromatic heterocycles. The fourth-order valence-electron chi connectivity index (χ4n) is 4.22. The van der Waals surface area contributed by atoms with Gasteiger partial charge in [0.15, 0.2) is 0 Å². The predicted molar refractivity (Wildman–Crippen MR) is 112 cm³/mol. The first-order chi connectivity index (χ1) is 13.6. The van der Waals surface area contributed by atoms with E-state index in [0.29, 0.717) is 5.92 Å². The van der Waals surface area contributed by atoms with Gasteiger partial charge in [0.25, 0.3) is 0 Å². The molecule has 28 heavy (non-hydrogen) atoms. The molecule has 0 spiro atoms. The van der Waals surface area contributed by atoms with E-state index >= 15 is 0 Å². The molecule has 3 heterocycles. The van der Waals surface area contributed by atoms with E-state index in [9.17, 15) is 4.79 Å². The van der Waals surface area contributed by atoms with Crippen LogP contribution in [-0.2, 0) is 13.0 Å². The molecule has 1 aliphatic heterocycles.